The Morgan fingerprint density at radius 1 is 1.63 bits per heavy atom. The highest BCUT2D eigenvalue weighted by Crippen LogP contribution is 2.28. The molecule has 0 aliphatic carbocycles. The monoisotopic (exact) mass is 347 g/mol. The van der Waals surface area contributed by atoms with Crippen LogP contribution in [0.2, 0.25) is 5.02 Å². The van der Waals surface area contributed by atoms with Gasteiger partial charge in [-0.1, -0.05) is 25.4 Å². The van der Waals surface area contributed by atoms with E-state index >= 15 is 0 Å². The minimum atomic E-state index is 0.266. The lowest BCUT2D eigenvalue weighted by Crippen LogP contribution is -2.51. The molecule has 1 aromatic rings. The number of pyridine rings is 1. The number of nitrogens with zero attached hydrogens (tertiary/aromatic N) is 2. The summed E-state index contributed by atoms with van der Waals surface area (Å²) in [5.41, 5.74) is 0. The number of anilines is 1. The third kappa shape index (κ3) is 4.05. The maximum absolute atomic E-state index is 6.30. The number of morpholine rings is 1. The number of rotatable bonds is 4. The van der Waals surface area contributed by atoms with Crippen LogP contribution in [-0.2, 0) is 4.74 Å². The van der Waals surface area contributed by atoms with Gasteiger partial charge in [-0.2, -0.15) is 0 Å². The molecule has 0 amide bonds. The fourth-order valence-electron chi connectivity index (χ4n) is 2.09. The molecule has 0 radical (unpaired) electrons. The standard InChI is InChI=1S/C13H19BrClN3O/c1-9(2)16-7-11-8-19-4-3-18(11)13-12(15)5-10(14)6-17-13/h5-6,9,11,16H,3-4,7-8H2,1-2H3. The molecule has 4 nitrogen and oxygen atoms in total. The van der Waals surface area contributed by atoms with Crippen LogP contribution in [0.4, 0.5) is 5.82 Å². The smallest absolute Gasteiger partial charge is 0.147 e. The molecule has 1 N–H and O–H groups in total. The number of hydrogen-bond acceptors (Lipinski definition) is 4. The van der Waals surface area contributed by atoms with Gasteiger partial charge >= 0.3 is 0 Å². The van der Waals surface area contributed by atoms with Gasteiger partial charge in [0.05, 0.1) is 24.3 Å². The molecule has 2 rings (SSSR count). The van der Waals surface area contributed by atoms with Crippen LogP contribution in [0, 0.1) is 0 Å². The fraction of sp³-hybridized carbons (Fsp3) is 0.615. The second-order valence-electron chi connectivity index (χ2n) is 4.94. The van der Waals surface area contributed by atoms with Crippen molar-refractivity contribution in [2.75, 3.05) is 31.2 Å². The topological polar surface area (TPSA) is 37.4 Å². The number of hydrogen-bond donors (Lipinski definition) is 1. The summed E-state index contributed by atoms with van der Waals surface area (Å²) in [4.78, 5) is 6.67. The summed E-state index contributed by atoms with van der Waals surface area (Å²) in [7, 11) is 0. The number of halogens is 2. The van der Waals surface area contributed by atoms with Crippen LogP contribution < -0.4 is 10.2 Å². The van der Waals surface area contributed by atoms with E-state index in [1.54, 1.807) is 6.20 Å². The van der Waals surface area contributed by atoms with Crippen molar-refractivity contribution < 1.29 is 4.74 Å². The first-order valence-corrected chi connectivity index (χ1v) is 7.64. The van der Waals surface area contributed by atoms with Gasteiger partial charge in [0, 0.05) is 29.8 Å². The molecule has 0 saturated carbocycles. The van der Waals surface area contributed by atoms with Crippen molar-refractivity contribution >= 4 is 33.3 Å². The van der Waals surface area contributed by atoms with E-state index in [0.29, 0.717) is 24.3 Å². The van der Waals surface area contributed by atoms with E-state index in [0.717, 1.165) is 23.4 Å². The molecule has 1 unspecified atom stereocenters. The molecule has 0 bridgehead atoms. The zero-order valence-corrected chi connectivity index (χ0v) is 13.5. The second kappa shape index (κ2) is 6.88. The molecule has 0 aromatic carbocycles. The van der Waals surface area contributed by atoms with Crippen molar-refractivity contribution in [3.8, 4) is 0 Å². The predicted octanol–water partition coefficient (Wildman–Crippen LogP) is 2.70. The second-order valence-corrected chi connectivity index (χ2v) is 6.27. The minimum Gasteiger partial charge on any atom is -0.377 e. The van der Waals surface area contributed by atoms with Crippen molar-refractivity contribution in [2.45, 2.75) is 25.9 Å². The zero-order chi connectivity index (χ0) is 13.8. The van der Waals surface area contributed by atoms with Crippen molar-refractivity contribution in [3.63, 3.8) is 0 Å². The Balaban J connectivity index is 2.14. The van der Waals surface area contributed by atoms with E-state index in [1.165, 1.54) is 0 Å². The molecule has 1 aliphatic rings. The zero-order valence-electron chi connectivity index (χ0n) is 11.2. The lowest BCUT2D eigenvalue weighted by atomic mass is 10.2. The summed E-state index contributed by atoms with van der Waals surface area (Å²) in [5, 5.41) is 4.12. The summed E-state index contributed by atoms with van der Waals surface area (Å²) in [5.74, 6) is 0.837. The van der Waals surface area contributed by atoms with Crippen LogP contribution in [0.1, 0.15) is 13.8 Å². The molecule has 19 heavy (non-hydrogen) atoms. The van der Waals surface area contributed by atoms with Crippen LogP contribution in [0.25, 0.3) is 0 Å². The third-order valence-corrected chi connectivity index (χ3v) is 3.76. The van der Waals surface area contributed by atoms with E-state index in [9.17, 15) is 0 Å². The Kier molecular flexibility index (Phi) is 5.45. The van der Waals surface area contributed by atoms with Crippen molar-refractivity contribution in [1.29, 1.82) is 0 Å². The highest BCUT2D eigenvalue weighted by molar-refractivity contribution is 9.10. The molecule has 6 heteroatoms. The number of ether oxygens (including phenoxy) is 1. The molecule has 1 atom stereocenters. The van der Waals surface area contributed by atoms with Crippen LogP contribution in [-0.4, -0.2) is 43.4 Å². The van der Waals surface area contributed by atoms with Crippen LogP contribution >= 0.6 is 27.5 Å². The van der Waals surface area contributed by atoms with Crippen molar-refractivity contribution in [2.24, 2.45) is 0 Å². The normalized spacial score (nSPS) is 20.1. The average molecular weight is 349 g/mol. The fourth-order valence-corrected chi connectivity index (χ4v) is 2.83. The van der Waals surface area contributed by atoms with Gasteiger partial charge in [-0.15, -0.1) is 0 Å². The lowest BCUT2D eigenvalue weighted by molar-refractivity contribution is 0.0928. The van der Waals surface area contributed by atoms with Crippen LogP contribution in [0.5, 0.6) is 0 Å². The van der Waals surface area contributed by atoms with Gasteiger partial charge in [0.25, 0.3) is 0 Å². The lowest BCUT2D eigenvalue weighted by Gasteiger charge is -2.37. The Labute approximate surface area is 127 Å². The highest BCUT2D eigenvalue weighted by Gasteiger charge is 2.25. The summed E-state index contributed by atoms with van der Waals surface area (Å²) in [6, 6.07) is 2.60. The van der Waals surface area contributed by atoms with Crippen molar-refractivity contribution in [3.05, 3.63) is 21.8 Å². The Morgan fingerprint density at radius 3 is 3.11 bits per heavy atom. The van der Waals surface area contributed by atoms with E-state index in [-0.39, 0.29) is 6.04 Å². The summed E-state index contributed by atoms with van der Waals surface area (Å²) in [6.45, 7) is 7.38. The van der Waals surface area contributed by atoms with Gasteiger partial charge in [0.1, 0.15) is 5.82 Å². The Morgan fingerprint density at radius 2 is 2.42 bits per heavy atom. The first kappa shape index (κ1) is 15.0. The minimum absolute atomic E-state index is 0.266. The maximum atomic E-state index is 6.30. The quantitative estimate of drug-likeness (QED) is 0.908. The number of aromatic nitrogens is 1. The van der Waals surface area contributed by atoms with Gasteiger partial charge < -0.3 is 15.0 Å². The van der Waals surface area contributed by atoms with Crippen LogP contribution in [0.3, 0.4) is 0 Å². The average Bonchev–Trinajstić information content (AvgIpc) is 2.37. The Bertz CT molecular complexity index is 430. The van der Waals surface area contributed by atoms with Crippen LogP contribution in [0.15, 0.2) is 16.7 Å². The Hall–Kier alpha value is -0.360. The SMILES string of the molecule is CC(C)NCC1COCCN1c1ncc(Br)cc1Cl. The van der Waals surface area contributed by atoms with E-state index < -0.39 is 0 Å². The molecule has 0 spiro atoms. The van der Waals surface area contributed by atoms with Gasteiger partial charge in [-0.25, -0.2) is 4.98 Å². The molecule has 106 valence electrons. The van der Waals surface area contributed by atoms with E-state index in [1.807, 2.05) is 6.07 Å². The molecule has 1 aromatic heterocycles. The molecular weight excluding hydrogens is 330 g/mol. The molecule has 1 aliphatic heterocycles. The van der Waals surface area contributed by atoms with E-state index in [4.69, 9.17) is 16.3 Å². The summed E-state index contributed by atoms with van der Waals surface area (Å²) < 4.78 is 6.46. The first-order chi connectivity index (χ1) is 9.08. The molecular formula is C13H19BrClN3O. The first-order valence-electron chi connectivity index (χ1n) is 6.46. The van der Waals surface area contributed by atoms with E-state index in [2.05, 4.69) is 45.0 Å². The number of nitrogens with one attached hydrogen (secondary N) is 1. The maximum Gasteiger partial charge on any atom is 0.147 e. The van der Waals surface area contributed by atoms with Crippen molar-refractivity contribution in [1.82, 2.24) is 10.3 Å². The highest BCUT2D eigenvalue weighted by atomic mass is 79.9. The van der Waals surface area contributed by atoms with Gasteiger partial charge in [-0.05, 0) is 22.0 Å². The third-order valence-electron chi connectivity index (χ3n) is 3.05. The molecule has 1 saturated heterocycles. The van der Waals surface area contributed by atoms with Gasteiger partial charge in [0.15, 0.2) is 0 Å². The largest absolute Gasteiger partial charge is 0.377 e. The summed E-state index contributed by atoms with van der Waals surface area (Å²) in [6.07, 6.45) is 1.78. The van der Waals surface area contributed by atoms with Gasteiger partial charge in [-0.3, -0.25) is 0 Å². The van der Waals surface area contributed by atoms with Gasteiger partial charge in [0.2, 0.25) is 0 Å². The molecule has 1 fully saturated rings. The summed E-state index contributed by atoms with van der Waals surface area (Å²) >= 11 is 9.68. The predicted molar refractivity (Wildman–Crippen MR) is 82.0 cm³/mol. The molecule has 2 heterocycles.